The van der Waals surface area contributed by atoms with Gasteiger partial charge >= 0.3 is 5.97 Å². The molecule has 0 fully saturated rings. The molecule has 0 amide bonds. The summed E-state index contributed by atoms with van der Waals surface area (Å²) in [5, 5.41) is -0.0578. The number of carbonyl (C=O) groups excluding carboxylic acids is 1. The predicted octanol–water partition coefficient (Wildman–Crippen LogP) is 4.10. The Bertz CT molecular complexity index is 1230. The monoisotopic (exact) mass is 483 g/mol. The Morgan fingerprint density at radius 2 is 1.82 bits per heavy atom. The number of rotatable bonds is 8. The molecule has 0 aromatic heterocycles. The highest BCUT2D eigenvalue weighted by Crippen LogP contribution is 2.44. The second-order valence-corrected chi connectivity index (χ2v) is 10.6. The molecule has 0 bridgehead atoms. The molecular weight excluding hydrogens is 458 g/mol. The number of hydrogen-bond acceptors (Lipinski definition) is 6. The van der Waals surface area contributed by atoms with Gasteiger partial charge in [0.05, 0.1) is 23.7 Å². The van der Waals surface area contributed by atoms with E-state index < -0.39 is 10.0 Å². The van der Waals surface area contributed by atoms with Crippen LogP contribution in [0, 0.1) is 0 Å². The van der Waals surface area contributed by atoms with Gasteiger partial charge in [-0.1, -0.05) is 54.6 Å². The third kappa shape index (κ3) is 5.58. The summed E-state index contributed by atoms with van der Waals surface area (Å²) in [6.07, 6.45) is 0.180. The molecule has 0 saturated heterocycles. The Morgan fingerprint density at radius 1 is 1.06 bits per heavy atom. The molecule has 0 spiro atoms. The third-order valence-electron chi connectivity index (χ3n) is 5.39. The maximum absolute atomic E-state index is 12.5. The highest BCUT2D eigenvalue weighted by Gasteiger charge is 2.26. The highest BCUT2D eigenvalue weighted by molar-refractivity contribution is 7.99. The molecule has 1 heterocycles. The molecule has 33 heavy (non-hydrogen) atoms. The van der Waals surface area contributed by atoms with Crippen LogP contribution in [0.4, 0.5) is 0 Å². The first-order valence-electron chi connectivity index (χ1n) is 10.5. The predicted molar refractivity (Wildman–Crippen MR) is 129 cm³/mol. The van der Waals surface area contributed by atoms with Crippen molar-refractivity contribution in [3.05, 3.63) is 95.1 Å². The number of nitrogens with one attached hydrogen (secondary N) is 1. The quantitative estimate of drug-likeness (QED) is 0.384. The van der Waals surface area contributed by atoms with E-state index >= 15 is 0 Å². The topological polar surface area (TPSA) is 81.7 Å². The molecule has 3 aromatic carbocycles. The number of methoxy groups -OCH3 is 1. The number of esters is 1. The number of ether oxygens (including phenoxy) is 2. The van der Waals surface area contributed by atoms with Crippen molar-refractivity contribution in [2.75, 3.05) is 19.4 Å². The third-order valence-corrected chi connectivity index (χ3v) is 8.14. The molecule has 1 N–H and O–H groups in total. The van der Waals surface area contributed by atoms with Gasteiger partial charge in [-0.3, -0.25) is 4.79 Å². The van der Waals surface area contributed by atoms with Crippen LogP contribution in [0.1, 0.15) is 27.5 Å². The zero-order valence-electron chi connectivity index (χ0n) is 18.2. The van der Waals surface area contributed by atoms with Gasteiger partial charge in [-0.05, 0) is 34.9 Å². The van der Waals surface area contributed by atoms with E-state index in [0.717, 1.165) is 28.0 Å². The van der Waals surface area contributed by atoms with Crippen molar-refractivity contribution in [3.63, 3.8) is 0 Å². The van der Waals surface area contributed by atoms with E-state index in [0.29, 0.717) is 18.9 Å². The van der Waals surface area contributed by atoms with Gasteiger partial charge in [0.15, 0.2) is 0 Å². The number of fused-ring (bicyclic) bond motifs is 2. The van der Waals surface area contributed by atoms with Gasteiger partial charge in [-0.25, -0.2) is 13.1 Å². The molecule has 6 nitrogen and oxygen atoms in total. The first-order valence-corrected chi connectivity index (χ1v) is 13.1. The van der Waals surface area contributed by atoms with Crippen LogP contribution in [0.25, 0.3) is 0 Å². The van der Waals surface area contributed by atoms with Crippen molar-refractivity contribution in [3.8, 4) is 5.75 Å². The smallest absolute Gasteiger partial charge is 0.309 e. The lowest BCUT2D eigenvalue weighted by Crippen LogP contribution is -2.26. The van der Waals surface area contributed by atoms with Gasteiger partial charge in [0.1, 0.15) is 12.4 Å². The fourth-order valence-corrected chi connectivity index (χ4v) is 6.15. The molecule has 3 aromatic rings. The summed E-state index contributed by atoms with van der Waals surface area (Å²) >= 11 is 1.64. The number of thioether (sulfide) groups is 1. The lowest BCUT2D eigenvalue weighted by Gasteiger charge is -2.20. The van der Waals surface area contributed by atoms with Gasteiger partial charge in [-0.15, -0.1) is 11.8 Å². The van der Waals surface area contributed by atoms with Gasteiger partial charge in [0.2, 0.25) is 10.0 Å². The minimum Gasteiger partial charge on any atom is -0.489 e. The Labute approximate surface area is 198 Å². The van der Waals surface area contributed by atoms with E-state index in [1.807, 2.05) is 36.4 Å². The summed E-state index contributed by atoms with van der Waals surface area (Å²) in [5.74, 6) is 1.03. The standard InChI is InChI=1S/C25H25NO5S2/c1-30-24(27)16-18-11-12-23-22(15-18)25(21-10-6-5-7-19(21)17-31-23)32-14-13-26-33(28,29)20-8-3-2-4-9-20/h2-12,15,25-26H,13-14,16-17H2,1H3. The molecular formula is C25H25NO5S2. The van der Waals surface area contributed by atoms with Crippen LogP contribution < -0.4 is 9.46 Å². The minimum atomic E-state index is -3.55. The van der Waals surface area contributed by atoms with E-state index in [1.54, 1.807) is 42.1 Å². The van der Waals surface area contributed by atoms with E-state index in [9.17, 15) is 13.2 Å². The van der Waals surface area contributed by atoms with Crippen LogP contribution in [0.3, 0.4) is 0 Å². The molecule has 1 atom stereocenters. The second kappa shape index (κ2) is 10.4. The first-order chi connectivity index (χ1) is 16.0. The van der Waals surface area contributed by atoms with E-state index in [2.05, 4.69) is 10.8 Å². The van der Waals surface area contributed by atoms with Crippen molar-refractivity contribution in [1.29, 1.82) is 0 Å². The van der Waals surface area contributed by atoms with Gasteiger partial charge in [0.25, 0.3) is 0 Å². The highest BCUT2D eigenvalue weighted by atomic mass is 32.2. The van der Waals surface area contributed by atoms with Crippen LogP contribution in [0.15, 0.2) is 77.7 Å². The SMILES string of the molecule is COC(=O)Cc1ccc2c(c1)C(SCCNS(=O)(=O)c1ccccc1)c1ccccc1CO2. The van der Waals surface area contributed by atoms with Crippen LogP contribution >= 0.6 is 11.8 Å². The molecule has 0 radical (unpaired) electrons. The molecule has 8 heteroatoms. The summed E-state index contributed by atoms with van der Waals surface area (Å²) in [4.78, 5) is 12.0. The lowest BCUT2D eigenvalue weighted by atomic mass is 9.98. The Morgan fingerprint density at radius 3 is 2.61 bits per heavy atom. The fourth-order valence-electron chi connectivity index (χ4n) is 3.74. The zero-order valence-corrected chi connectivity index (χ0v) is 19.8. The molecule has 0 saturated carbocycles. The van der Waals surface area contributed by atoms with Gasteiger partial charge in [0, 0.05) is 17.9 Å². The van der Waals surface area contributed by atoms with Crippen molar-refractivity contribution < 1.29 is 22.7 Å². The average molecular weight is 484 g/mol. The summed E-state index contributed by atoms with van der Waals surface area (Å²) < 4.78 is 38.6. The average Bonchev–Trinajstić information content (AvgIpc) is 2.99. The lowest BCUT2D eigenvalue weighted by molar-refractivity contribution is -0.139. The molecule has 1 unspecified atom stereocenters. The largest absolute Gasteiger partial charge is 0.489 e. The van der Waals surface area contributed by atoms with Crippen LogP contribution in [0.2, 0.25) is 0 Å². The molecule has 172 valence electrons. The maximum atomic E-state index is 12.5. The number of hydrogen-bond donors (Lipinski definition) is 1. The van der Waals surface area contributed by atoms with Crippen LogP contribution in [0.5, 0.6) is 5.75 Å². The van der Waals surface area contributed by atoms with E-state index in [4.69, 9.17) is 9.47 Å². The van der Waals surface area contributed by atoms with Crippen molar-refractivity contribution >= 4 is 27.8 Å². The molecule has 0 aliphatic carbocycles. The van der Waals surface area contributed by atoms with Crippen molar-refractivity contribution in [2.45, 2.75) is 23.2 Å². The molecule has 1 aliphatic heterocycles. The van der Waals surface area contributed by atoms with E-state index in [-0.39, 0.29) is 22.5 Å². The van der Waals surface area contributed by atoms with Crippen LogP contribution in [-0.2, 0) is 32.6 Å². The Hall–Kier alpha value is -2.81. The first kappa shape index (κ1) is 23.4. The van der Waals surface area contributed by atoms with Gasteiger partial charge < -0.3 is 9.47 Å². The summed E-state index contributed by atoms with van der Waals surface area (Å²) in [7, 11) is -2.18. The summed E-state index contributed by atoms with van der Waals surface area (Å²) in [6, 6.07) is 22.2. The minimum absolute atomic E-state index is 0.0578. The molecule has 4 rings (SSSR count). The van der Waals surface area contributed by atoms with Crippen molar-refractivity contribution in [1.82, 2.24) is 4.72 Å². The Kier molecular flexibility index (Phi) is 7.37. The zero-order chi connectivity index (χ0) is 23.3. The number of carbonyl (C=O) groups is 1. The molecule has 1 aliphatic rings. The van der Waals surface area contributed by atoms with Crippen molar-refractivity contribution in [2.24, 2.45) is 0 Å². The van der Waals surface area contributed by atoms with E-state index in [1.165, 1.54) is 7.11 Å². The summed E-state index contributed by atoms with van der Waals surface area (Å²) in [5.41, 5.74) is 4.03. The maximum Gasteiger partial charge on any atom is 0.309 e. The summed E-state index contributed by atoms with van der Waals surface area (Å²) in [6.45, 7) is 0.746. The second-order valence-electron chi connectivity index (χ2n) is 7.57. The normalized spacial score (nSPS) is 15.0. The number of benzene rings is 3. The van der Waals surface area contributed by atoms with Crippen LogP contribution in [-0.4, -0.2) is 33.8 Å². The fraction of sp³-hybridized carbons (Fsp3) is 0.240. The van der Waals surface area contributed by atoms with Gasteiger partial charge in [-0.2, -0.15) is 0 Å². The number of sulfonamides is 1. The Balaban J connectivity index is 1.55.